The summed E-state index contributed by atoms with van der Waals surface area (Å²) in [5, 5.41) is 10.5. The van der Waals surface area contributed by atoms with Crippen molar-refractivity contribution in [1.29, 1.82) is 0 Å². The Balaban J connectivity index is 2.11. The molecule has 0 fully saturated rings. The van der Waals surface area contributed by atoms with Crippen molar-refractivity contribution in [2.75, 3.05) is 0 Å². The first kappa shape index (κ1) is 14.3. The quantitative estimate of drug-likeness (QED) is 0.885. The molecule has 2 rings (SSSR count). The Morgan fingerprint density at radius 2 is 2.00 bits per heavy atom. The van der Waals surface area contributed by atoms with E-state index in [0.29, 0.717) is 5.56 Å². The first-order chi connectivity index (χ1) is 9.58. The second-order valence-corrected chi connectivity index (χ2v) is 4.61. The number of thiophene rings is 1. The van der Waals surface area contributed by atoms with E-state index in [-0.39, 0.29) is 23.0 Å². The van der Waals surface area contributed by atoms with Crippen LogP contribution < -0.4 is 9.47 Å². The van der Waals surface area contributed by atoms with Crippen molar-refractivity contribution in [2.24, 2.45) is 0 Å². The summed E-state index contributed by atoms with van der Waals surface area (Å²) in [4.78, 5) is 11.0. The summed E-state index contributed by atoms with van der Waals surface area (Å²) in [7, 11) is 0. The molecule has 0 aliphatic heterocycles. The number of benzene rings is 1. The molecule has 0 radical (unpaired) electrons. The molecule has 2 aromatic rings. The van der Waals surface area contributed by atoms with Crippen LogP contribution in [0.25, 0.3) is 0 Å². The van der Waals surface area contributed by atoms with Gasteiger partial charge >= 0.3 is 12.6 Å². The first-order valence-electron chi connectivity index (χ1n) is 5.54. The predicted octanol–water partition coefficient (Wildman–Crippen LogP) is 3.63. The predicted molar refractivity (Wildman–Crippen MR) is 68.7 cm³/mol. The van der Waals surface area contributed by atoms with Crippen LogP contribution in [0.3, 0.4) is 0 Å². The number of hydrogen-bond donors (Lipinski definition) is 1. The van der Waals surface area contributed by atoms with Crippen molar-refractivity contribution < 1.29 is 28.2 Å². The van der Waals surface area contributed by atoms with E-state index in [1.54, 1.807) is 23.6 Å². The van der Waals surface area contributed by atoms with Crippen molar-refractivity contribution in [3.63, 3.8) is 0 Å². The molecule has 0 atom stereocenters. The van der Waals surface area contributed by atoms with Crippen LogP contribution in [0.2, 0.25) is 0 Å². The molecular weight excluding hydrogens is 290 g/mol. The second kappa shape index (κ2) is 6.33. The Morgan fingerprint density at radius 1 is 1.25 bits per heavy atom. The number of alkyl halides is 2. The monoisotopic (exact) mass is 300 g/mol. The number of carbonyl (C=O) groups is 1. The molecule has 0 aliphatic rings. The highest BCUT2D eigenvalue weighted by molar-refractivity contribution is 7.12. The van der Waals surface area contributed by atoms with Gasteiger partial charge in [-0.15, -0.1) is 11.3 Å². The van der Waals surface area contributed by atoms with Crippen LogP contribution in [0.5, 0.6) is 11.5 Å². The van der Waals surface area contributed by atoms with Gasteiger partial charge in [0.05, 0.1) is 0 Å². The minimum atomic E-state index is -2.92. The molecule has 0 amide bonds. The van der Waals surface area contributed by atoms with Gasteiger partial charge in [0.2, 0.25) is 0 Å². The zero-order chi connectivity index (χ0) is 14.5. The molecule has 0 aliphatic carbocycles. The van der Waals surface area contributed by atoms with Gasteiger partial charge in [0, 0.05) is 5.56 Å². The van der Waals surface area contributed by atoms with Crippen molar-refractivity contribution >= 4 is 17.3 Å². The summed E-state index contributed by atoms with van der Waals surface area (Å²) in [6, 6.07) is 7.71. The number of carboxylic acid groups (broad SMARTS) is 1. The molecule has 1 heterocycles. The molecule has 20 heavy (non-hydrogen) atoms. The van der Waals surface area contributed by atoms with Gasteiger partial charge in [-0.3, -0.25) is 0 Å². The lowest BCUT2D eigenvalue weighted by Gasteiger charge is -2.11. The molecule has 4 nitrogen and oxygen atoms in total. The minimum absolute atomic E-state index is 0.00889. The van der Waals surface area contributed by atoms with Crippen LogP contribution in [-0.4, -0.2) is 17.7 Å². The third-order valence-corrected chi connectivity index (χ3v) is 3.28. The van der Waals surface area contributed by atoms with Crippen molar-refractivity contribution in [1.82, 2.24) is 0 Å². The van der Waals surface area contributed by atoms with Crippen LogP contribution in [0.4, 0.5) is 8.78 Å². The second-order valence-electron chi connectivity index (χ2n) is 3.69. The van der Waals surface area contributed by atoms with Crippen LogP contribution in [0, 0.1) is 0 Å². The zero-order valence-electron chi connectivity index (χ0n) is 10.1. The smallest absolute Gasteiger partial charge is 0.387 e. The third kappa shape index (κ3) is 3.45. The van der Waals surface area contributed by atoms with Crippen molar-refractivity contribution in [3.8, 4) is 11.5 Å². The third-order valence-electron chi connectivity index (χ3n) is 2.40. The summed E-state index contributed by atoms with van der Waals surface area (Å²) >= 11 is 1.03. The largest absolute Gasteiger partial charge is 0.487 e. The Hall–Kier alpha value is -2.15. The fourth-order valence-electron chi connectivity index (χ4n) is 1.56. The van der Waals surface area contributed by atoms with Gasteiger partial charge in [-0.25, -0.2) is 4.79 Å². The molecule has 0 saturated carbocycles. The van der Waals surface area contributed by atoms with Gasteiger partial charge in [0.1, 0.15) is 18.1 Å². The molecule has 0 bridgehead atoms. The Labute approximate surface area is 117 Å². The lowest BCUT2D eigenvalue weighted by atomic mass is 10.2. The maximum Gasteiger partial charge on any atom is 0.387 e. The standard InChI is InChI=1S/C13H10F2O4S/c14-13(15)19-9-4-2-1-3-8(9)7-18-10-5-6-20-11(10)12(16)17/h1-6,13H,7H2,(H,16,17). The van der Waals surface area contributed by atoms with Crippen LogP contribution >= 0.6 is 11.3 Å². The normalized spacial score (nSPS) is 10.6. The van der Waals surface area contributed by atoms with Gasteiger partial charge in [0.25, 0.3) is 0 Å². The topological polar surface area (TPSA) is 55.8 Å². The van der Waals surface area contributed by atoms with E-state index in [1.807, 2.05) is 0 Å². The van der Waals surface area contributed by atoms with E-state index in [2.05, 4.69) is 4.74 Å². The van der Waals surface area contributed by atoms with Gasteiger partial charge in [-0.05, 0) is 17.5 Å². The van der Waals surface area contributed by atoms with Crippen LogP contribution in [0.1, 0.15) is 15.2 Å². The van der Waals surface area contributed by atoms with Crippen molar-refractivity contribution in [2.45, 2.75) is 13.2 Å². The number of hydrogen-bond acceptors (Lipinski definition) is 4. The molecule has 0 unspecified atom stereocenters. The summed E-state index contributed by atoms with van der Waals surface area (Å²) < 4.78 is 34.2. The van der Waals surface area contributed by atoms with Gasteiger partial charge in [0.15, 0.2) is 4.88 Å². The zero-order valence-corrected chi connectivity index (χ0v) is 10.9. The van der Waals surface area contributed by atoms with E-state index in [1.165, 1.54) is 12.1 Å². The summed E-state index contributed by atoms with van der Waals surface area (Å²) in [5.41, 5.74) is 0.412. The average Bonchev–Trinajstić information content (AvgIpc) is 2.85. The average molecular weight is 300 g/mol. The maximum absolute atomic E-state index is 12.2. The van der Waals surface area contributed by atoms with E-state index in [4.69, 9.17) is 9.84 Å². The first-order valence-corrected chi connectivity index (χ1v) is 6.42. The van der Waals surface area contributed by atoms with E-state index in [0.717, 1.165) is 11.3 Å². The van der Waals surface area contributed by atoms with Crippen LogP contribution in [0.15, 0.2) is 35.7 Å². The number of ether oxygens (including phenoxy) is 2. The molecular formula is C13H10F2O4S. The summed E-state index contributed by atoms with van der Waals surface area (Å²) in [5.74, 6) is -0.879. The number of halogens is 2. The molecule has 0 saturated heterocycles. The molecule has 106 valence electrons. The Kier molecular flexibility index (Phi) is 4.52. The highest BCUT2D eigenvalue weighted by Crippen LogP contribution is 2.27. The highest BCUT2D eigenvalue weighted by Gasteiger charge is 2.14. The van der Waals surface area contributed by atoms with Crippen molar-refractivity contribution in [3.05, 3.63) is 46.2 Å². The maximum atomic E-state index is 12.2. The minimum Gasteiger partial charge on any atom is -0.487 e. The number of rotatable bonds is 6. The molecule has 0 spiro atoms. The lowest BCUT2D eigenvalue weighted by molar-refractivity contribution is -0.0508. The van der Waals surface area contributed by atoms with Gasteiger partial charge in [-0.2, -0.15) is 8.78 Å². The van der Waals surface area contributed by atoms with E-state index < -0.39 is 12.6 Å². The lowest BCUT2D eigenvalue weighted by Crippen LogP contribution is -2.06. The fraction of sp³-hybridized carbons (Fsp3) is 0.154. The number of carboxylic acids is 1. The number of para-hydroxylation sites is 1. The Morgan fingerprint density at radius 3 is 2.70 bits per heavy atom. The SMILES string of the molecule is O=C(O)c1sccc1OCc1ccccc1OC(F)F. The van der Waals surface area contributed by atoms with Crippen LogP contribution in [-0.2, 0) is 6.61 Å². The Bertz CT molecular complexity index is 598. The summed E-state index contributed by atoms with van der Waals surface area (Å²) in [6.07, 6.45) is 0. The highest BCUT2D eigenvalue weighted by atomic mass is 32.1. The number of aromatic carboxylic acids is 1. The van der Waals surface area contributed by atoms with Gasteiger partial charge in [-0.1, -0.05) is 18.2 Å². The molecule has 7 heteroatoms. The molecule has 1 aromatic heterocycles. The fourth-order valence-corrected chi connectivity index (χ4v) is 2.23. The van der Waals surface area contributed by atoms with E-state index in [9.17, 15) is 13.6 Å². The molecule has 1 N–H and O–H groups in total. The summed E-state index contributed by atoms with van der Waals surface area (Å²) in [6.45, 7) is -2.98. The molecule has 1 aromatic carbocycles. The van der Waals surface area contributed by atoms with Gasteiger partial charge < -0.3 is 14.6 Å². The van der Waals surface area contributed by atoms with E-state index >= 15 is 0 Å².